The lowest BCUT2D eigenvalue weighted by Gasteiger charge is -2.05. The van der Waals surface area contributed by atoms with Crippen molar-refractivity contribution in [3.8, 4) is 0 Å². The lowest BCUT2D eigenvalue weighted by molar-refractivity contribution is 1.74. The van der Waals surface area contributed by atoms with Crippen LogP contribution in [-0.4, -0.2) is 0 Å². The average molecular weight is 595 g/mol. The Morgan fingerprint density at radius 2 is 0.710 bits per heavy atom. The standard InChI is InChI=1S/C14H9Br.C14H10.Br2/c15-14-9-10-5-1-2-6-11(10)12-7-3-4-8-13(12)14;1-3-7-13-11(5-1)9-10-12-6-2-4-8-14(12)13;1-2/h1-9H;1-10H;. The van der Waals surface area contributed by atoms with Crippen molar-refractivity contribution in [3.05, 3.63) is 120 Å². The zero-order chi connectivity index (χ0) is 21.6. The zero-order valence-corrected chi connectivity index (χ0v) is 21.4. The summed E-state index contributed by atoms with van der Waals surface area (Å²) in [6, 6.07) is 40.5. The highest BCUT2D eigenvalue weighted by atomic mass is 80.9. The fraction of sp³-hybridized carbons (Fsp3) is 0. The minimum absolute atomic E-state index is 1.16. The molecule has 0 nitrogen and oxygen atoms in total. The first-order valence-corrected chi connectivity index (χ1v) is 14.4. The van der Waals surface area contributed by atoms with Crippen molar-refractivity contribution in [2.75, 3.05) is 0 Å². The number of rotatable bonds is 0. The predicted octanol–water partition coefficient (Wildman–Crippen LogP) is 10.4. The van der Waals surface area contributed by atoms with E-state index in [-0.39, 0.29) is 0 Å². The molecule has 0 atom stereocenters. The molecule has 0 saturated heterocycles. The highest BCUT2D eigenvalue weighted by molar-refractivity contribution is 9.93. The number of hydrogen-bond donors (Lipinski definition) is 0. The van der Waals surface area contributed by atoms with Gasteiger partial charge in [-0.3, -0.25) is 0 Å². The maximum absolute atomic E-state index is 3.62. The molecule has 0 N–H and O–H groups in total. The summed E-state index contributed by atoms with van der Waals surface area (Å²) in [6.07, 6.45) is 0. The molecular weight excluding hydrogens is 576 g/mol. The second kappa shape index (κ2) is 10.4. The number of fused-ring (bicyclic) bond motifs is 6. The van der Waals surface area contributed by atoms with E-state index >= 15 is 0 Å². The van der Waals surface area contributed by atoms with Crippen LogP contribution >= 0.6 is 44.2 Å². The quantitative estimate of drug-likeness (QED) is 0.153. The first-order chi connectivity index (χ1) is 15.3. The maximum atomic E-state index is 3.62. The van der Waals surface area contributed by atoms with Crippen LogP contribution in [-0.2, 0) is 0 Å². The van der Waals surface area contributed by atoms with Gasteiger partial charge in [-0.2, -0.15) is 0 Å². The summed E-state index contributed by atoms with van der Waals surface area (Å²) in [4.78, 5) is 0. The second-order valence-electron chi connectivity index (χ2n) is 7.13. The van der Waals surface area contributed by atoms with Crippen LogP contribution < -0.4 is 0 Å². The number of halogens is 3. The van der Waals surface area contributed by atoms with Gasteiger partial charge in [-0.25, -0.2) is 0 Å². The summed E-state index contributed by atoms with van der Waals surface area (Å²) in [5, 5.41) is 10.5. The van der Waals surface area contributed by atoms with Crippen LogP contribution in [0.25, 0.3) is 43.1 Å². The minimum atomic E-state index is 1.16. The Bertz CT molecular complexity index is 1420. The Morgan fingerprint density at radius 1 is 0.355 bits per heavy atom. The highest BCUT2D eigenvalue weighted by Crippen LogP contribution is 2.31. The van der Waals surface area contributed by atoms with Crippen LogP contribution in [0.5, 0.6) is 0 Å². The molecule has 31 heavy (non-hydrogen) atoms. The van der Waals surface area contributed by atoms with Gasteiger partial charge in [0.2, 0.25) is 0 Å². The van der Waals surface area contributed by atoms with E-state index in [0.717, 1.165) is 4.47 Å². The van der Waals surface area contributed by atoms with Gasteiger partial charge in [0.15, 0.2) is 0 Å². The third-order valence-electron chi connectivity index (χ3n) is 5.37. The Hall–Kier alpha value is -2.20. The van der Waals surface area contributed by atoms with Gasteiger partial charge in [0, 0.05) is 32.7 Å². The van der Waals surface area contributed by atoms with E-state index in [0.29, 0.717) is 0 Å². The van der Waals surface area contributed by atoms with Gasteiger partial charge < -0.3 is 0 Å². The van der Waals surface area contributed by atoms with Gasteiger partial charge in [-0.05, 0) is 49.2 Å². The van der Waals surface area contributed by atoms with E-state index in [1.807, 2.05) is 0 Å². The SMILES string of the molecule is BrBr.Brc1cc2ccccc2c2ccccc12.c1ccc2c(c1)ccc1ccccc12. The van der Waals surface area contributed by atoms with Gasteiger partial charge in [0.1, 0.15) is 0 Å². The Balaban J connectivity index is 0.000000139. The second-order valence-corrected chi connectivity index (χ2v) is 7.99. The Kier molecular flexibility index (Phi) is 7.39. The van der Waals surface area contributed by atoms with E-state index < -0.39 is 0 Å². The predicted molar refractivity (Wildman–Crippen MR) is 148 cm³/mol. The van der Waals surface area contributed by atoms with Crippen molar-refractivity contribution in [2.45, 2.75) is 0 Å². The van der Waals surface area contributed by atoms with Gasteiger partial charge in [0.25, 0.3) is 0 Å². The summed E-state index contributed by atoms with van der Waals surface area (Å²) in [6.45, 7) is 0. The normalized spacial score (nSPS) is 10.4. The zero-order valence-electron chi connectivity index (χ0n) is 16.6. The fourth-order valence-electron chi connectivity index (χ4n) is 3.96. The maximum Gasteiger partial charge on any atom is 0.0260 e. The molecule has 0 heterocycles. The molecule has 0 fully saturated rings. The van der Waals surface area contributed by atoms with Crippen molar-refractivity contribution >= 4 is 87.3 Å². The van der Waals surface area contributed by atoms with E-state index in [1.165, 1.54) is 43.1 Å². The molecule has 0 aromatic heterocycles. The van der Waals surface area contributed by atoms with E-state index in [4.69, 9.17) is 0 Å². The van der Waals surface area contributed by atoms with Crippen molar-refractivity contribution < 1.29 is 0 Å². The average Bonchev–Trinajstić information content (AvgIpc) is 2.86. The van der Waals surface area contributed by atoms with Crippen molar-refractivity contribution in [3.63, 3.8) is 0 Å². The molecule has 0 bridgehead atoms. The largest absolute Gasteiger partial charge is 0.0616 e. The molecule has 152 valence electrons. The van der Waals surface area contributed by atoms with E-state index in [2.05, 4.69) is 159 Å². The summed E-state index contributed by atoms with van der Waals surface area (Å²) >= 11 is 9.12. The summed E-state index contributed by atoms with van der Waals surface area (Å²) in [5.41, 5.74) is 0. The first kappa shape index (κ1) is 22.0. The molecule has 6 aromatic rings. The van der Waals surface area contributed by atoms with Gasteiger partial charge >= 0.3 is 0 Å². The van der Waals surface area contributed by atoms with E-state index in [1.54, 1.807) is 0 Å². The third kappa shape index (κ3) is 4.69. The van der Waals surface area contributed by atoms with Gasteiger partial charge in [-0.15, -0.1) is 0 Å². The van der Waals surface area contributed by atoms with E-state index in [9.17, 15) is 0 Å². The summed E-state index contributed by atoms with van der Waals surface area (Å²) in [7, 11) is 0. The minimum Gasteiger partial charge on any atom is -0.0616 e. The van der Waals surface area contributed by atoms with Crippen molar-refractivity contribution in [2.24, 2.45) is 0 Å². The number of hydrogen-bond acceptors (Lipinski definition) is 0. The fourth-order valence-corrected chi connectivity index (χ4v) is 4.56. The molecule has 0 aliphatic rings. The Morgan fingerprint density at radius 3 is 1.23 bits per heavy atom. The lowest BCUT2D eigenvalue weighted by Crippen LogP contribution is -1.78. The molecule has 0 spiro atoms. The molecule has 0 aliphatic carbocycles. The van der Waals surface area contributed by atoms with Crippen LogP contribution in [0.1, 0.15) is 0 Å². The molecule has 6 rings (SSSR count). The van der Waals surface area contributed by atoms with Crippen LogP contribution in [0.3, 0.4) is 0 Å². The topological polar surface area (TPSA) is 0 Å². The monoisotopic (exact) mass is 592 g/mol. The van der Waals surface area contributed by atoms with Gasteiger partial charge in [-0.1, -0.05) is 125 Å². The molecular formula is C28H19Br3. The number of benzene rings is 6. The molecule has 0 unspecified atom stereocenters. The molecule has 0 radical (unpaired) electrons. The van der Waals surface area contributed by atoms with Crippen molar-refractivity contribution in [1.82, 2.24) is 0 Å². The van der Waals surface area contributed by atoms with Crippen LogP contribution in [0.15, 0.2) is 120 Å². The molecule has 0 saturated carbocycles. The Labute approximate surface area is 205 Å². The van der Waals surface area contributed by atoms with Crippen LogP contribution in [0, 0.1) is 0 Å². The summed E-state index contributed by atoms with van der Waals surface area (Å²) in [5.74, 6) is 0. The van der Waals surface area contributed by atoms with Crippen molar-refractivity contribution in [1.29, 1.82) is 0 Å². The highest BCUT2D eigenvalue weighted by Gasteiger charge is 2.02. The molecule has 0 aliphatic heterocycles. The lowest BCUT2D eigenvalue weighted by atomic mass is 10.0. The first-order valence-electron chi connectivity index (χ1n) is 9.88. The van der Waals surface area contributed by atoms with Crippen LogP contribution in [0.4, 0.5) is 0 Å². The smallest absolute Gasteiger partial charge is 0.0260 e. The third-order valence-corrected chi connectivity index (χ3v) is 6.03. The molecule has 3 heteroatoms. The van der Waals surface area contributed by atoms with Crippen LogP contribution in [0.2, 0.25) is 0 Å². The molecule has 0 amide bonds. The molecule has 6 aromatic carbocycles. The van der Waals surface area contributed by atoms with Gasteiger partial charge in [0.05, 0.1) is 0 Å². The summed E-state index contributed by atoms with van der Waals surface area (Å²) < 4.78 is 1.16.